The summed E-state index contributed by atoms with van der Waals surface area (Å²) in [6, 6.07) is 2.48. The van der Waals surface area contributed by atoms with Gasteiger partial charge in [0, 0.05) is 30.9 Å². The molecule has 0 radical (unpaired) electrons. The van der Waals surface area contributed by atoms with Crippen molar-refractivity contribution in [3.63, 3.8) is 0 Å². The lowest BCUT2D eigenvalue weighted by Gasteiger charge is -2.34. The number of nitrogens with zero attached hydrogens (tertiary/aromatic N) is 3. The number of nitrogens with two attached hydrogens (primary N) is 3. The lowest BCUT2D eigenvalue weighted by atomic mass is 9.87. The van der Waals surface area contributed by atoms with Gasteiger partial charge in [0.05, 0.1) is 11.7 Å². The molecule has 0 aliphatic heterocycles. The van der Waals surface area contributed by atoms with Gasteiger partial charge in [-0.15, -0.1) is 5.10 Å². The number of benzene rings is 1. The molecule has 1 aliphatic carbocycles. The molecule has 1 heterocycles. The number of sulfonamides is 2. The Kier molecular flexibility index (Phi) is 6.37. The van der Waals surface area contributed by atoms with Gasteiger partial charge in [0.2, 0.25) is 20.0 Å². The number of hydrogen-bond acceptors (Lipinski definition) is 11. The quantitative estimate of drug-likeness (QED) is 0.198. The van der Waals surface area contributed by atoms with Crippen LogP contribution in [0.3, 0.4) is 0 Å². The van der Waals surface area contributed by atoms with Crippen molar-refractivity contribution >= 4 is 25.7 Å². The van der Waals surface area contributed by atoms with Gasteiger partial charge < -0.3 is 21.9 Å². The molecule has 166 valence electrons. The third-order valence-electron chi connectivity index (χ3n) is 4.59. The number of aromatic amines is 1. The van der Waals surface area contributed by atoms with Crippen molar-refractivity contribution in [2.75, 3.05) is 18.4 Å². The Morgan fingerprint density at radius 3 is 2.50 bits per heavy atom. The zero-order valence-electron chi connectivity index (χ0n) is 15.7. The standard InChI is InChI=1S/C14H23N9O5S2/c15-5-9(24)6-18-30(27,28)11-2-1-10(19-8-3-7(16)4-8)12(13(11)29(17,25)26)14-20-22-23-21-14/h1-2,7-9,18-19,24H,3-6,15-16H2,(H2,17,25,26)(H,20,21,22,23)/t7-,8+,9-/m1/s1. The van der Waals surface area contributed by atoms with E-state index in [0.717, 1.165) is 6.07 Å². The molecule has 0 unspecified atom stereocenters. The fraction of sp³-hybridized carbons (Fsp3) is 0.500. The average Bonchev–Trinajstić information content (AvgIpc) is 3.18. The Morgan fingerprint density at radius 2 is 1.97 bits per heavy atom. The normalized spacial score (nSPS) is 20.5. The van der Waals surface area contributed by atoms with Crippen LogP contribution in [0.15, 0.2) is 21.9 Å². The molecule has 30 heavy (non-hydrogen) atoms. The van der Waals surface area contributed by atoms with E-state index in [1.54, 1.807) is 0 Å². The minimum atomic E-state index is -4.56. The topological polar surface area (TPSA) is 245 Å². The van der Waals surface area contributed by atoms with E-state index < -0.39 is 42.5 Å². The number of aliphatic hydroxyl groups excluding tert-OH is 1. The van der Waals surface area contributed by atoms with Gasteiger partial charge in [-0.1, -0.05) is 0 Å². The highest BCUT2D eigenvalue weighted by molar-refractivity contribution is 7.92. The summed E-state index contributed by atoms with van der Waals surface area (Å²) in [6.45, 7) is -0.603. The van der Waals surface area contributed by atoms with E-state index in [9.17, 15) is 21.9 Å². The largest absolute Gasteiger partial charge is 0.390 e. The first-order chi connectivity index (χ1) is 14.0. The zero-order chi connectivity index (χ0) is 22.1. The van der Waals surface area contributed by atoms with Crippen molar-refractivity contribution < 1.29 is 21.9 Å². The second-order valence-electron chi connectivity index (χ2n) is 6.92. The first-order valence-corrected chi connectivity index (χ1v) is 11.9. The van der Waals surface area contributed by atoms with Crippen molar-refractivity contribution in [3.8, 4) is 11.4 Å². The SMILES string of the molecule is NC[C@@H](O)CNS(=O)(=O)c1ccc(N[C@H]2C[C@@H](N)C2)c(-c2nnn[nH]2)c1S(N)(=O)=O. The number of nitrogens with one attached hydrogen (secondary N) is 3. The van der Waals surface area contributed by atoms with E-state index in [1.807, 2.05) is 0 Å². The van der Waals surface area contributed by atoms with Crippen LogP contribution in [0.4, 0.5) is 5.69 Å². The molecular formula is C14H23N9O5S2. The Labute approximate surface area is 172 Å². The van der Waals surface area contributed by atoms with E-state index in [4.69, 9.17) is 16.6 Å². The molecule has 1 atom stereocenters. The van der Waals surface area contributed by atoms with E-state index >= 15 is 0 Å². The smallest absolute Gasteiger partial charge is 0.242 e. The van der Waals surface area contributed by atoms with Crippen LogP contribution in [0.25, 0.3) is 11.4 Å². The number of aliphatic hydroxyl groups is 1. The molecule has 14 nitrogen and oxygen atoms in total. The van der Waals surface area contributed by atoms with Gasteiger partial charge >= 0.3 is 0 Å². The predicted octanol–water partition coefficient (Wildman–Crippen LogP) is -2.99. The molecule has 10 N–H and O–H groups in total. The van der Waals surface area contributed by atoms with Crippen LogP contribution in [-0.2, 0) is 20.0 Å². The fourth-order valence-electron chi connectivity index (χ4n) is 3.04. The predicted molar refractivity (Wildman–Crippen MR) is 106 cm³/mol. The van der Waals surface area contributed by atoms with E-state index in [-0.39, 0.29) is 35.7 Å². The molecule has 1 aromatic heterocycles. The Morgan fingerprint density at radius 1 is 1.27 bits per heavy atom. The summed E-state index contributed by atoms with van der Waals surface area (Å²) < 4.78 is 52.7. The molecule has 0 spiro atoms. The summed E-state index contributed by atoms with van der Waals surface area (Å²) in [7, 11) is -8.96. The Hall–Kier alpha value is -2.21. The number of hydrogen-bond donors (Lipinski definition) is 7. The average molecular weight is 462 g/mol. The van der Waals surface area contributed by atoms with Crippen LogP contribution in [0.1, 0.15) is 12.8 Å². The molecule has 1 saturated carbocycles. The number of H-pyrrole nitrogens is 1. The second kappa shape index (κ2) is 8.50. The summed E-state index contributed by atoms with van der Waals surface area (Å²) in [6.07, 6.45) is 0.147. The summed E-state index contributed by atoms with van der Waals surface area (Å²) in [4.78, 5) is -1.30. The van der Waals surface area contributed by atoms with Gasteiger partial charge in [0.25, 0.3) is 0 Å². The molecule has 2 aromatic rings. The second-order valence-corrected chi connectivity index (χ2v) is 10.2. The van der Waals surface area contributed by atoms with Crippen LogP contribution in [0.2, 0.25) is 0 Å². The first kappa shape index (κ1) is 22.5. The number of rotatable bonds is 9. The molecule has 1 aliphatic rings. The molecule has 0 saturated heterocycles. The van der Waals surface area contributed by atoms with Crippen LogP contribution < -0.4 is 26.6 Å². The molecule has 0 amide bonds. The summed E-state index contributed by atoms with van der Waals surface area (Å²) in [5.74, 6) is -0.0933. The molecule has 1 aromatic carbocycles. The monoisotopic (exact) mass is 461 g/mol. The summed E-state index contributed by atoms with van der Waals surface area (Å²) in [5, 5.41) is 31.1. The maximum absolute atomic E-state index is 12.8. The Bertz CT molecular complexity index is 1100. The van der Waals surface area contributed by atoms with E-state index in [2.05, 4.69) is 30.7 Å². The fourth-order valence-corrected chi connectivity index (χ4v) is 5.72. The van der Waals surface area contributed by atoms with Crippen LogP contribution in [-0.4, -0.2) is 73.8 Å². The van der Waals surface area contributed by atoms with Gasteiger partial charge in [0.15, 0.2) is 5.82 Å². The van der Waals surface area contributed by atoms with E-state index in [1.165, 1.54) is 6.07 Å². The van der Waals surface area contributed by atoms with Gasteiger partial charge in [-0.3, -0.25) is 0 Å². The molecule has 3 rings (SSSR count). The minimum Gasteiger partial charge on any atom is -0.390 e. The van der Waals surface area contributed by atoms with Crippen molar-refractivity contribution in [3.05, 3.63) is 12.1 Å². The molecule has 16 heteroatoms. The highest BCUT2D eigenvalue weighted by Crippen LogP contribution is 2.37. The Balaban J connectivity index is 2.16. The summed E-state index contributed by atoms with van der Waals surface area (Å²) in [5.41, 5.74) is 11.2. The highest BCUT2D eigenvalue weighted by Gasteiger charge is 2.33. The zero-order valence-corrected chi connectivity index (χ0v) is 17.3. The first-order valence-electron chi connectivity index (χ1n) is 8.86. The number of anilines is 1. The van der Waals surface area contributed by atoms with Gasteiger partial charge in [-0.05, 0) is 35.4 Å². The highest BCUT2D eigenvalue weighted by atomic mass is 32.2. The number of tetrazole rings is 1. The minimum absolute atomic E-state index is 0.0217. The third-order valence-corrected chi connectivity index (χ3v) is 7.18. The number of aromatic nitrogens is 4. The van der Waals surface area contributed by atoms with Crippen molar-refractivity contribution in [1.82, 2.24) is 25.3 Å². The maximum atomic E-state index is 12.8. The summed E-state index contributed by atoms with van der Waals surface area (Å²) >= 11 is 0. The third kappa shape index (κ3) is 4.75. The lowest BCUT2D eigenvalue weighted by Crippen LogP contribution is -2.44. The van der Waals surface area contributed by atoms with Gasteiger partial charge in [-0.25, -0.2) is 31.8 Å². The van der Waals surface area contributed by atoms with Crippen molar-refractivity contribution in [1.29, 1.82) is 0 Å². The number of primary sulfonamides is 1. The van der Waals surface area contributed by atoms with Crippen molar-refractivity contribution in [2.24, 2.45) is 16.6 Å². The molecule has 0 bridgehead atoms. The lowest BCUT2D eigenvalue weighted by molar-refractivity contribution is 0.186. The van der Waals surface area contributed by atoms with Crippen LogP contribution in [0, 0.1) is 0 Å². The molecular weight excluding hydrogens is 438 g/mol. The van der Waals surface area contributed by atoms with E-state index in [0.29, 0.717) is 12.8 Å². The molecule has 1 fully saturated rings. The van der Waals surface area contributed by atoms with Gasteiger partial charge in [0.1, 0.15) is 9.79 Å². The van der Waals surface area contributed by atoms with Crippen molar-refractivity contribution in [2.45, 2.75) is 40.8 Å². The van der Waals surface area contributed by atoms with Crippen LogP contribution in [0.5, 0.6) is 0 Å². The van der Waals surface area contributed by atoms with Gasteiger partial charge in [-0.2, -0.15) is 0 Å². The maximum Gasteiger partial charge on any atom is 0.242 e. The van der Waals surface area contributed by atoms with Crippen LogP contribution >= 0.6 is 0 Å².